The van der Waals surface area contributed by atoms with E-state index >= 15 is 0 Å². The molecule has 0 saturated heterocycles. The lowest BCUT2D eigenvalue weighted by atomic mass is 9.96. The Kier molecular flexibility index (Phi) is 5.94. The first-order valence-electron chi connectivity index (χ1n) is 8.22. The summed E-state index contributed by atoms with van der Waals surface area (Å²) in [5, 5.41) is 5.15. The van der Waals surface area contributed by atoms with Crippen molar-refractivity contribution in [2.45, 2.75) is 33.7 Å². The highest BCUT2D eigenvalue weighted by atomic mass is 16.1. The van der Waals surface area contributed by atoms with Crippen molar-refractivity contribution in [3.63, 3.8) is 0 Å². The molecule has 0 unspecified atom stereocenters. The summed E-state index contributed by atoms with van der Waals surface area (Å²) in [5.74, 6) is 0.506. The summed E-state index contributed by atoms with van der Waals surface area (Å²) in [5.41, 5.74) is 4.41. The highest BCUT2D eigenvalue weighted by Crippen LogP contribution is 2.17. The number of carbonyl (C=O) groups is 1. The second-order valence-corrected chi connectivity index (χ2v) is 6.49. The first kappa shape index (κ1) is 17.2. The molecule has 0 aliphatic carbocycles. The van der Waals surface area contributed by atoms with Gasteiger partial charge in [-0.15, -0.1) is 0 Å². The van der Waals surface area contributed by atoms with E-state index < -0.39 is 0 Å². The van der Waals surface area contributed by atoms with Crippen molar-refractivity contribution in [1.29, 1.82) is 0 Å². The van der Waals surface area contributed by atoms with Crippen LogP contribution in [0.15, 0.2) is 48.5 Å². The molecule has 0 aliphatic heterocycles. The van der Waals surface area contributed by atoms with Gasteiger partial charge < -0.3 is 10.6 Å². The summed E-state index contributed by atoms with van der Waals surface area (Å²) in [6.07, 6.45) is 0. The van der Waals surface area contributed by atoms with Gasteiger partial charge in [-0.2, -0.15) is 0 Å². The maximum atomic E-state index is 12.3. The fourth-order valence-electron chi connectivity index (χ4n) is 2.77. The third kappa shape index (κ3) is 4.93. The van der Waals surface area contributed by atoms with Gasteiger partial charge >= 0.3 is 0 Å². The van der Waals surface area contributed by atoms with Crippen LogP contribution in [0.4, 0.5) is 5.69 Å². The predicted molar refractivity (Wildman–Crippen MR) is 95.4 cm³/mol. The second kappa shape index (κ2) is 7.93. The lowest BCUT2D eigenvalue weighted by Crippen LogP contribution is -2.88. The van der Waals surface area contributed by atoms with E-state index in [4.69, 9.17) is 0 Å². The molecule has 3 nitrogen and oxygen atoms in total. The lowest BCUT2D eigenvalue weighted by Gasteiger charge is -2.19. The van der Waals surface area contributed by atoms with Crippen molar-refractivity contribution in [1.82, 2.24) is 0 Å². The number of aryl methyl sites for hydroxylation is 2. The summed E-state index contributed by atoms with van der Waals surface area (Å²) < 4.78 is 0. The molecule has 0 bridgehead atoms. The molecule has 0 aliphatic rings. The molecule has 2 rings (SSSR count). The van der Waals surface area contributed by atoms with Gasteiger partial charge in [0.15, 0.2) is 6.54 Å². The fraction of sp³-hybridized carbons (Fsp3) is 0.350. The molecule has 2 aromatic rings. The molecule has 0 aromatic heterocycles. The van der Waals surface area contributed by atoms with E-state index in [2.05, 4.69) is 54.8 Å². The molecule has 0 radical (unpaired) electrons. The average molecular weight is 311 g/mol. The van der Waals surface area contributed by atoms with E-state index in [9.17, 15) is 4.79 Å². The van der Waals surface area contributed by atoms with Gasteiger partial charge in [0.1, 0.15) is 6.04 Å². The van der Waals surface area contributed by atoms with Gasteiger partial charge in [0.05, 0.1) is 0 Å². The zero-order valence-electron chi connectivity index (χ0n) is 14.5. The zero-order valence-corrected chi connectivity index (χ0v) is 14.5. The van der Waals surface area contributed by atoms with Gasteiger partial charge in [-0.3, -0.25) is 4.79 Å². The summed E-state index contributed by atoms with van der Waals surface area (Å²) in [7, 11) is 0. The number of rotatable bonds is 6. The van der Waals surface area contributed by atoms with E-state index in [0.717, 1.165) is 16.8 Å². The Morgan fingerprint density at radius 1 is 1.09 bits per heavy atom. The molecule has 23 heavy (non-hydrogen) atoms. The van der Waals surface area contributed by atoms with Crippen molar-refractivity contribution in [2.24, 2.45) is 5.92 Å². The van der Waals surface area contributed by atoms with E-state index in [1.165, 1.54) is 5.56 Å². The van der Waals surface area contributed by atoms with Crippen LogP contribution in [0, 0.1) is 19.8 Å². The molecule has 0 spiro atoms. The fourth-order valence-corrected chi connectivity index (χ4v) is 2.77. The van der Waals surface area contributed by atoms with Gasteiger partial charge in [0.2, 0.25) is 0 Å². The Morgan fingerprint density at radius 3 is 2.43 bits per heavy atom. The number of quaternary nitrogens is 1. The lowest BCUT2D eigenvalue weighted by molar-refractivity contribution is -0.692. The molecule has 1 amide bonds. The van der Waals surface area contributed by atoms with E-state index in [0.29, 0.717) is 18.5 Å². The Labute approximate surface area is 139 Å². The molecular weight excluding hydrogens is 284 g/mol. The van der Waals surface area contributed by atoms with E-state index in [1.54, 1.807) is 0 Å². The number of hydrogen-bond acceptors (Lipinski definition) is 1. The minimum Gasteiger partial charge on any atom is -0.332 e. The average Bonchev–Trinajstić information content (AvgIpc) is 2.52. The molecule has 1 atom stereocenters. The largest absolute Gasteiger partial charge is 0.332 e. The molecule has 2 aromatic carbocycles. The normalized spacial score (nSPS) is 12.2. The van der Waals surface area contributed by atoms with E-state index in [-0.39, 0.29) is 5.91 Å². The van der Waals surface area contributed by atoms with Crippen LogP contribution in [-0.4, -0.2) is 12.5 Å². The summed E-state index contributed by atoms with van der Waals surface area (Å²) in [6.45, 7) is 8.85. The quantitative estimate of drug-likeness (QED) is 0.845. The maximum absolute atomic E-state index is 12.3. The Balaban J connectivity index is 1.98. The van der Waals surface area contributed by atoms with Crippen LogP contribution in [0.1, 0.15) is 36.6 Å². The smallest absolute Gasteiger partial charge is 0.279 e. The molecule has 3 heteroatoms. The monoisotopic (exact) mass is 311 g/mol. The standard InChI is InChI=1S/C20H26N2O/c1-14(2)20(17-8-6-5-7-9-17)21-13-19(23)22-18-12-15(3)10-11-16(18)4/h5-12,14,20-21H,13H2,1-4H3,(H,22,23)/p+1/t20-/m1/s1. The summed E-state index contributed by atoms with van der Waals surface area (Å²) >= 11 is 0. The van der Waals surface area contributed by atoms with Gasteiger partial charge in [0.25, 0.3) is 5.91 Å². The van der Waals surface area contributed by atoms with Gasteiger partial charge in [0, 0.05) is 17.2 Å². The number of benzene rings is 2. The predicted octanol–water partition coefficient (Wildman–Crippen LogP) is 3.20. The van der Waals surface area contributed by atoms with Gasteiger partial charge in [-0.05, 0) is 31.0 Å². The number of hydrogen-bond donors (Lipinski definition) is 2. The van der Waals surface area contributed by atoms with Crippen molar-refractivity contribution in [2.75, 3.05) is 11.9 Å². The molecule has 0 fully saturated rings. The van der Waals surface area contributed by atoms with Crippen LogP contribution in [0.25, 0.3) is 0 Å². The zero-order chi connectivity index (χ0) is 16.8. The van der Waals surface area contributed by atoms with Crippen LogP contribution in [0.5, 0.6) is 0 Å². The first-order valence-corrected chi connectivity index (χ1v) is 8.22. The van der Waals surface area contributed by atoms with Crippen molar-refractivity contribution in [3.8, 4) is 0 Å². The topological polar surface area (TPSA) is 45.7 Å². The molecule has 0 heterocycles. The first-order chi connectivity index (χ1) is 11.0. The summed E-state index contributed by atoms with van der Waals surface area (Å²) in [4.78, 5) is 12.3. The van der Waals surface area contributed by atoms with E-state index in [1.807, 2.05) is 32.0 Å². The molecular formula is C20H27N2O+. The van der Waals surface area contributed by atoms with Crippen LogP contribution in [-0.2, 0) is 4.79 Å². The van der Waals surface area contributed by atoms with Crippen molar-refractivity contribution >= 4 is 11.6 Å². The maximum Gasteiger partial charge on any atom is 0.279 e. The molecule has 3 N–H and O–H groups in total. The van der Waals surface area contributed by atoms with Crippen molar-refractivity contribution in [3.05, 3.63) is 65.2 Å². The molecule has 0 saturated carbocycles. The number of amides is 1. The second-order valence-electron chi connectivity index (χ2n) is 6.49. The van der Waals surface area contributed by atoms with Crippen LogP contribution in [0.2, 0.25) is 0 Å². The number of carbonyl (C=O) groups excluding carboxylic acids is 1. The SMILES string of the molecule is Cc1ccc(C)c(NC(=O)C[NH2+][C@@H](c2ccccc2)C(C)C)c1. The Morgan fingerprint density at radius 2 is 1.78 bits per heavy atom. The van der Waals surface area contributed by atoms with Gasteiger partial charge in [-0.25, -0.2) is 0 Å². The number of nitrogens with one attached hydrogen (secondary N) is 1. The summed E-state index contributed by atoms with van der Waals surface area (Å²) in [6, 6.07) is 16.8. The third-order valence-electron chi connectivity index (χ3n) is 4.13. The highest BCUT2D eigenvalue weighted by molar-refractivity contribution is 5.92. The van der Waals surface area contributed by atoms with Crippen molar-refractivity contribution < 1.29 is 10.1 Å². The third-order valence-corrected chi connectivity index (χ3v) is 4.13. The van der Waals surface area contributed by atoms with Crippen LogP contribution in [0.3, 0.4) is 0 Å². The number of nitrogens with two attached hydrogens (primary N) is 1. The molecule has 122 valence electrons. The van der Waals surface area contributed by atoms with Gasteiger partial charge in [-0.1, -0.05) is 56.3 Å². The highest BCUT2D eigenvalue weighted by Gasteiger charge is 2.20. The Hall–Kier alpha value is -2.13. The number of anilines is 1. The minimum atomic E-state index is 0.0419. The van der Waals surface area contributed by atoms with Crippen LogP contribution < -0.4 is 10.6 Å². The minimum absolute atomic E-state index is 0.0419. The Bertz CT molecular complexity index is 650. The van der Waals surface area contributed by atoms with Crippen LogP contribution >= 0.6 is 0 Å².